The van der Waals surface area contributed by atoms with Crippen molar-refractivity contribution >= 4 is 23.1 Å². The summed E-state index contributed by atoms with van der Waals surface area (Å²) in [6.45, 7) is -27.5. The van der Waals surface area contributed by atoms with Crippen LogP contribution in [0.1, 0.15) is 88.5 Å². The van der Waals surface area contributed by atoms with Crippen molar-refractivity contribution in [2.75, 3.05) is 27.9 Å². The topological polar surface area (TPSA) is 75.2 Å². The number of pyridine rings is 2. The molecule has 0 aliphatic rings. The molecule has 0 aliphatic carbocycles. The van der Waals surface area contributed by atoms with Crippen LogP contribution in [0, 0.1) is 27.4 Å². The summed E-state index contributed by atoms with van der Waals surface area (Å²) in [6, 6.07) is -12.8. The monoisotopic (exact) mass is 655 g/mol. The minimum atomic E-state index is -3.94. The molecule has 8 nitrogen and oxygen atoms in total. The van der Waals surface area contributed by atoms with Crippen molar-refractivity contribution < 1.29 is 64.4 Å². The summed E-state index contributed by atoms with van der Waals surface area (Å²) in [5.74, 6) is -3.95. The van der Waals surface area contributed by atoms with Crippen LogP contribution in [-0.2, 0) is 22.4 Å². The molecule has 236 valence electrons. The fourth-order valence-electron chi connectivity index (χ4n) is 3.68. The number of likely N-dealkylation sites (N-methyl/N-ethyl adjacent to an activating group) is 2. The summed E-state index contributed by atoms with van der Waals surface area (Å²) < 4.78 is 317. The van der Waals surface area contributed by atoms with Gasteiger partial charge in [0.2, 0.25) is 11.8 Å². The smallest absolute Gasteiger partial charge is 0.228 e. The maximum absolute atomic E-state index is 13.5. The highest BCUT2D eigenvalue weighted by molar-refractivity contribution is 5.82. The van der Waals surface area contributed by atoms with Gasteiger partial charge < -0.3 is 18.6 Å². The van der Waals surface area contributed by atoms with Gasteiger partial charge in [0.25, 0.3) is 0 Å². The molecule has 0 aliphatic heterocycles. The number of carbonyl (C=O) groups is 2. The normalized spacial score (nSPS) is 26.1. The van der Waals surface area contributed by atoms with Gasteiger partial charge in [0.05, 0.1) is 54.8 Å². The van der Waals surface area contributed by atoms with E-state index in [1.165, 1.54) is 0 Å². The first-order valence-corrected chi connectivity index (χ1v) is 12.2. The maximum atomic E-state index is 13.5. The van der Waals surface area contributed by atoms with Crippen molar-refractivity contribution in [3.8, 4) is 22.5 Å². The molecule has 4 heterocycles. The molecule has 46 heavy (non-hydrogen) atoms. The Hall–Kier alpha value is -5.24. The predicted molar refractivity (Wildman–Crippen MR) is 185 cm³/mol. The van der Waals surface area contributed by atoms with Crippen molar-refractivity contribution in [3.05, 3.63) is 118 Å². The van der Waals surface area contributed by atoms with Crippen molar-refractivity contribution in [1.29, 1.82) is 0 Å². The summed E-state index contributed by atoms with van der Waals surface area (Å²) in [5, 5.41) is 0. The number of carbonyl (C=O) groups excluding carboxylic acids is 2. The van der Waals surface area contributed by atoms with E-state index in [9.17, 15) is 9.59 Å². The first-order valence-electron chi connectivity index (χ1n) is 32.2. The van der Waals surface area contributed by atoms with E-state index < -0.39 is 242 Å². The molecule has 0 fully saturated rings. The van der Waals surface area contributed by atoms with Crippen LogP contribution < -0.4 is 0 Å². The zero-order valence-corrected chi connectivity index (χ0v) is 22.7. The van der Waals surface area contributed by atoms with Crippen molar-refractivity contribution in [1.82, 2.24) is 28.6 Å². The molecular weight excluding hydrogens is 572 g/mol. The Balaban J connectivity index is 0.000000314. The molecule has 6 rings (SSSR count). The van der Waals surface area contributed by atoms with Gasteiger partial charge >= 0.3 is 0 Å². The molecule has 0 atom stereocenters. The Labute approximate surface area is 327 Å². The quantitative estimate of drug-likeness (QED) is 0.206. The number of hydrogen-bond donors (Lipinski definition) is 0. The van der Waals surface area contributed by atoms with E-state index in [2.05, 4.69) is 9.97 Å². The van der Waals surface area contributed by atoms with Crippen LogP contribution in [0.25, 0.3) is 33.8 Å². The first-order chi connectivity index (χ1) is 38.2. The summed E-state index contributed by atoms with van der Waals surface area (Å²) >= 11 is 0. The number of fused-ring (bicyclic) bond motifs is 2. The zero-order chi connectivity index (χ0) is 67.1. The van der Waals surface area contributed by atoms with Crippen molar-refractivity contribution in [2.24, 2.45) is 0 Å². The van der Waals surface area contributed by atoms with Gasteiger partial charge in [0, 0.05) is 87.0 Å². The molecule has 6 aromatic rings. The second kappa shape index (κ2) is 13.4. The summed E-state index contributed by atoms with van der Waals surface area (Å²) in [6.07, 6.45) is -7.54. The molecule has 2 aromatic carbocycles. The number of hydrogen-bond acceptors (Lipinski definition) is 4. The third-order valence-electron chi connectivity index (χ3n) is 5.62. The largest absolute Gasteiger partial charge is 0.348 e. The molecule has 0 spiro atoms. The van der Waals surface area contributed by atoms with Gasteiger partial charge in [-0.15, -0.1) is 0 Å². The van der Waals surface area contributed by atoms with Gasteiger partial charge in [0.1, 0.15) is 11.3 Å². The molecule has 0 saturated carbocycles. The van der Waals surface area contributed by atoms with Gasteiger partial charge in [-0.1, -0.05) is 71.6 Å². The molecule has 0 N–H and O–H groups in total. The van der Waals surface area contributed by atoms with E-state index in [0.717, 1.165) is 0 Å². The molecule has 8 heteroatoms. The highest BCUT2D eigenvalue weighted by atomic mass is 16.2. The lowest BCUT2D eigenvalue weighted by molar-refractivity contribution is -0.128. The zero-order valence-electron chi connectivity index (χ0n) is 62.7. The first kappa shape index (κ1) is 8.97. The molecule has 0 bridgehead atoms. The average Bonchev–Trinajstić information content (AvgIpc) is 1.51. The van der Waals surface area contributed by atoms with Crippen LogP contribution in [0.15, 0.2) is 84.9 Å². The van der Waals surface area contributed by atoms with E-state index >= 15 is 0 Å². The summed E-state index contributed by atoms with van der Waals surface area (Å²) in [7, 11) is 0. The van der Waals surface area contributed by atoms with E-state index in [0.29, 0.717) is 4.40 Å². The van der Waals surface area contributed by atoms with Crippen molar-refractivity contribution in [3.63, 3.8) is 0 Å². The number of nitrogens with zero attached hydrogens (tertiary/aromatic N) is 6. The second-order valence-electron chi connectivity index (χ2n) is 8.68. The number of rotatable bonds is 6. The Morgan fingerprint density at radius 3 is 1.54 bits per heavy atom. The van der Waals surface area contributed by atoms with E-state index in [4.69, 9.17) is 54.8 Å². The Bertz CT molecular complexity index is 3670. The van der Waals surface area contributed by atoms with Crippen LogP contribution in [0.5, 0.6) is 0 Å². The standard InChI is InChI=1S/2C19H21N3O/c2*1-13-5-8-15(9-6-13)19-16(11-18(23)21(3)4)22-12-14(2)7-10-17(22)20-19/h2*5-10,12H,11H2,1-4H3/i1D3,2D3,3D3,4D3,5D,6D,7D,8D,9D,10D,11D2,12D;1D3,2D3,3D3,4D3,5D,6D,7D,8D,9D,10D,12D. The second-order valence-corrected chi connectivity index (χ2v) is 8.68. The number of benzene rings is 2. The Morgan fingerprint density at radius 1 is 0.630 bits per heavy atom. The lowest BCUT2D eigenvalue weighted by atomic mass is 10.1. The van der Waals surface area contributed by atoms with Crippen LogP contribution in [0.4, 0.5) is 0 Å². The third kappa shape index (κ3) is 7.01. The highest BCUT2D eigenvalue weighted by Crippen LogP contribution is 2.27. The predicted octanol–water partition coefficient (Wildman–Crippen LogP) is 6.50. The van der Waals surface area contributed by atoms with Crippen LogP contribution in [0.3, 0.4) is 0 Å². The molecule has 0 unspecified atom stereocenters. The van der Waals surface area contributed by atoms with Gasteiger partial charge in [-0.3, -0.25) is 9.59 Å². The van der Waals surface area contributed by atoms with Gasteiger partial charge in [-0.2, -0.15) is 0 Å². The third-order valence-corrected chi connectivity index (χ3v) is 5.62. The highest BCUT2D eigenvalue weighted by Gasteiger charge is 2.19. The van der Waals surface area contributed by atoms with E-state index in [-0.39, 0.29) is 4.40 Å². The molecule has 2 amide bonds. The van der Waals surface area contributed by atoms with Gasteiger partial charge in [-0.25, -0.2) is 9.97 Å². The fourth-order valence-corrected chi connectivity index (χ4v) is 3.68. The van der Waals surface area contributed by atoms with Gasteiger partial charge in [0.15, 0.2) is 0 Å². The Morgan fingerprint density at radius 2 is 1.07 bits per heavy atom. The number of amides is 2. The SMILES string of the molecule is [2H]c1c([2H])c(C([2H])([2H])[2H])c([2H])c([2H])c1-c1nc2c([2H])c([2H])c(C([2H])([2H])[2H])c([2H])n2c1C([2H])([2H])C(=O)N(C([2H])([2H])[2H])C([2H])([2H])[2H].[2H]c1c([2H])c(C([2H])([2H])[2H])c([2H])c([2H])c1-c1nc2c([2H])c([2H])c(C([2H])([2H])[2H])c([2H])n2c1CC(=O)N(C([2H])([2H])[2H])C([2H])([2H])[2H]. The lowest BCUT2D eigenvalue weighted by Gasteiger charge is -2.11. The minimum Gasteiger partial charge on any atom is -0.348 e. The lowest BCUT2D eigenvalue weighted by Crippen LogP contribution is -2.24. The molecule has 0 saturated heterocycles. The molecular formula is C38H42N6O2. The van der Waals surface area contributed by atoms with Crippen LogP contribution in [-0.4, -0.2) is 68.3 Å². The van der Waals surface area contributed by atoms with Crippen LogP contribution >= 0.6 is 0 Å². The Kier molecular flexibility index (Phi) is 2.61. The number of imidazole rings is 2. The summed E-state index contributed by atoms with van der Waals surface area (Å²) in [5.41, 5.74) is -11.5. The van der Waals surface area contributed by atoms with E-state index in [1.54, 1.807) is 0 Å². The van der Waals surface area contributed by atoms with Gasteiger partial charge in [-0.05, 0) is 50.6 Å². The fraction of sp³-hybridized carbons (Fsp3) is 0.263. The maximum Gasteiger partial charge on any atom is 0.228 e. The summed E-state index contributed by atoms with van der Waals surface area (Å²) in [4.78, 5) is 33.4. The number of aromatic nitrogens is 4. The minimum absolute atomic E-state index is 0.205. The van der Waals surface area contributed by atoms with Crippen molar-refractivity contribution in [2.45, 2.75) is 40.2 Å². The average molecular weight is 655 g/mol. The molecule has 0 radical (unpaired) electrons. The molecule has 4 aromatic heterocycles. The van der Waals surface area contributed by atoms with Crippen LogP contribution in [0.2, 0.25) is 0 Å². The van der Waals surface area contributed by atoms with E-state index in [1.807, 2.05) is 0 Å².